The summed E-state index contributed by atoms with van der Waals surface area (Å²) in [6.07, 6.45) is 2.34. The van der Waals surface area contributed by atoms with Crippen LogP contribution < -0.4 is 14.9 Å². The van der Waals surface area contributed by atoms with E-state index in [0.717, 1.165) is 16.5 Å². The number of halogens is 1. The van der Waals surface area contributed by atoms with Crippen LogP contribution in [0.25, 0.3) is 0 Å². The summed E-state index contributed by atoms with van der Waals surface area (Å²) in [6.45, 7) is 4.50. The number of carbonyl (C=O) groups excluding carboxylic acids is 2. The first kappa shape index (κ1) is 23.2. The first-order chi connectivity index (χ1) is 15.5. The highest BCUT2D eigenvalue weighted by Gasteiger charge is 2.13. The predicted molar refractivity (Wildman–Crippen MR) is 128 cm³/mol. The number of nitrogens with zero attached hydrogens (tertiary/aromatic N) is 1. The van der Waals surface area contributed by atoms with Crippen LogP contribution in [-0.4, -0.2) is 24.7 Å². The van der Waals surface area contributed by atoms with E-state index >= 15 is 0 Å². The summed E-state index contributed by atoms with van der Waals surface area (Å²) in [5.41, 5.74) is 4.77. The highest BCUT2D eigenvalue weighted by atomic mass is 79.9. The highest BCUT2D eigenvalue weighted by Crippen LogP contribution is 2.23. The fraction of sp³-hybridized carbons (Fsp3) is 0.160. The van der Waals surface area contributed by atoms with Gasteiger partial charge in [-0.2, -0.15) is 5.10 Å². The Labute approximate surface area is 195 Å². The molecule has 0 saturated heterocycles. The van der Waals surface area contributed by atoms with Gasteiger partial charge >= 0.3 is 5.97 Å². The molecule has 3 aromatic rings. The Kier molecular flexibility index (Phi) is 8.16. The Morgan fingerprint density at radius 1 is 1.06 bits per heavy atom. The lowest BCUT2D eigenvalue weighted by molar-refractivity contribution is 0.0733. The van der Waals surface area contributed by atoms with E-state index in [1.54, 1.807) is 54.6 Å². The van der Waals surface area contributed by atoms with Crippen molar-refractivity contribution in [2.24, 2.45) is 5.10 Å². The Bertz CT molecular complexity index is 1130. The maximum atomic E-state index is 12.6. The van der Waals surface area contributed by atoms with Gasteiger partial charge in [0.05, 0.1) is 18.4 Å². The van der Waals surface area contributed by atoms with Gasteiger partial charge in [-0.1, -0.05) is 41.1 Å². The summed E-state index contributed by atoms with van der Waals surface area (Å²) in [4.78, 5) is 24.9. The second kappa shape index (κ2) is 11.2. The van der Waals surface area contributed by atoms with E-state index in [1.807, 2.05) is 26.0 Å². The van der Waals surface area contributed by atoms with E-state index in [4.69, 9.17) is 9.47 Å². The summed E-state index contributed by atoms with van der Waals surface area (Å²) in [6, 6.07) is 19.2. The lowest BCUT2D eigenvalue weighted by Crippen LogP contribution is -2.17. The fourth-order valence-electron chi connectivity index (χ4n) is 2.82. The predicted octanol–water partition coefficient (Wildman–Crippen LogP) is 5.53. The van der Waals surface area contributed by atoms with E-state index in [9.17, 15) is 9.59 Å². The van der Waals surface area contributed by atoms with Crippen LogP contribution in [0.15, 0.2) is 76.3 Å². The van der Waals surface area contributed by atoms with Gasteiger partial charge < -0.3 is 9.47 Å². The van der Waals surface area contributed by atoms with E-state index < -0.39 is 5.97 Å². The molecule has 7 heteroatoms. The molecule has 6 nitrogen and oxygen atoms in total. The minimum absolute atomic E-state index is 0.330. The number of hydrogen-bond donors (Lipinski definition) is 1. The molecule has 0 heterocycles. The number of benzene rings is 3. The number of hydrazone groups is 1. The van der Waals surface area contributed by atoms with Gasteiger partial charge in [-0.3, -0.25) is 4.79 Å². The molecule has 32 heavy (non-hydrogen) atoms. The number of hydrogen-bond acceptors (Lipinski definition) is 5. The van der Waals surface area contributed by atoms with Crippen molar-refractivity contribution in [1.82, 2.24) is 5.43 Å². The average Bonchev–Trinajstić information content (AvgIpc) is 2.80. The topological polar surface area (TPSA) is 77.0 Å². The molecule has 0 spiro atoms. The van der Waals surface area contributed by atoms with Gasteiger partial charge in [-0.25, -0.2) is 10.2 Å². The number of esters is 1. The molecule has 1 N–H and O–H groups in total. The van der Waals surface area contributed by atoms with Crippen LogP contribution in [0.5, 0.6) is 11.5 Å². The van der Waals surface area contributed by atoms with Crippen LogP contribution >= 0.6 is 15.9 Å². The lowest BCUT2D eigenvalue weighted by Gasteiger charge is -2.09. The molecule has 3 aromatic carbocycles. The van der Waals surface area contributed by atoms with Gasteiger partial charge in [-0.05, 0) is 67.4 Å². The quantitative estimate of drug-likeness (QED) is 0.193. The van der Waals surface area contributed by atoms with Crippen molar-refractivity contribution in [2.45, 2.75) is 20.3 Å². The molecule has 1 amide bonds. The zero-order valence-corrected chi connectivity index (χ0v) is 19.4. The third-order valence-electron chi connectivity index (χ3n) is 4.50. The summed E-state index contributed by atoms with van der Waals surface area (Å²) in [5.74, 6) is 0.212. The smallest absolute Gasteiger partial charge is 0.343 e. The summed E-state index contributed by atoms with van der Waals surface area (Å²) >= 11 is 3.40. The van der Waals surface area contributed by atoms with E-state index in [0.29, 0.717) is 34.8 Å². The standard InChI is InChI=1S/C25H23BrN2O4/c1-3-14-31-21-11-8-18(9-12-21)24(29)28-27-16-19-15-20(26)10-13-23(19)32-25(30)22-7-5-4-6-17(22)2/h4-13,15-16H,3,14H2,1-2H3,(H,28,29)/b27-16+. The Morgan fingerprint density at radius 2 is 1.81 bits per heavy atom. The molecular formula is C25H23BrN2O4. The highest BCUT2D eigenvalue weighted by molar-refractivity contribution is 9.10. The van der Waals surface area contributed by atoms with Gasteiger partial charge in [0.1, 0.15) is 11.5 Å². The zero-order valence-electron chi connectivity index (χ0n) is 17.8. The van der Waals surface area contributed by atoms with Gasteiger partial charge in [0, 0.05) is 15.6 Å². The van der Waals surface area contributed by atoms with Gasteiger partial charge in [0.15, 0.2) is 0 Å². The van der Waals surface area contributed by atoms with Crippen LogP contribution in [-0.2, 0) is 0 Å². The van der Waals surface area contributed by atoms with Crippen molar-refractivity contribution in [3.63, 3.8) is 0 Å². The van der Waals surface area contributed by atoms with Crippen molar-refractivity contribution in [3.05, 3.63) is 93.5 Å². The summed E-state index contributed by atoms with van der Waals surface area (Å²) in [7, 11) is 0. The van der Waals surface area contributed by atoms with Crippen LogP contribution in [0.1, 0.15) is 45.2 Å². The maximum absolute atomic E-state index is 12.6. The molecule has 0 aliphatic heterocycles. The normalized spacial score (nSPS) is 10.7. The molecule has 0 unspecified atom stereocenters. The van der Waals surface area contributed by atoms with Crippen LogP contribution in [0, 0.1) is 6.92 Å². The van der Waals surface area contributed by atoms with E-state index in [2.05, 4.69) is 26.5 Å². The van der Waals surface area contributed by atoms with Gasteiger partial charge in [0.25, 0.3) is 5.91 Å². The third kappa shape index (κ3) is 6.28. The molecule has 0 aromatic heterocycles. The molecule has 0 bridgehead atoms. The van der Waals surface area contributed by atoms with Crippen molar-refractivity contribution in [2.75, 3.05) is 6.61 Å². The fourth-order valence-corrected chi connectivity index (χ4v) is 3.20. The SMILES string of the molecule is CCCOc1ccc(C(=O)N/N=C/c2cc(Br)ccc2OC(=O)c2ccccc2C)cc1. The van der Waals surface area contributed by atoms with Crippen molar-refractivity contribution in [1.29, 1.82) is 0 Å². The first-order valence-electron chi connectivity index (χ1n) is 10.1. The minimum Gasteiger partial charge on any atom is -0.494 e. The molecule has 3 rings (SSSR count). The number of amides is 1. The number of nitrogens with one attached hydrogen (secondary N) is 1. The molecule has 0 aliphatic carbocycles. The molecular weight excluding hydrogens is 472 g/mol. The summed E-state index contributed by atoms with van der Waals surface area (Å²) in [5, 5.41) is 4.02. The van der Waals surface area contributed by atoms with Crippen LogP contribution in [0.2, 0.25) is 0 Å². The zero-order chi connectivity index (χ0) is 22.9. The first-order valence-corrected chi connectivity index (χ1v) is 10.9. The van der Waals surface area contributed by atoms with Gasteiger partial charge in [-0.15, -0.1) is 0 Å². The van der Waals surface area contributed by atoms with E-state index in [-0.39, 0.29) is 5.91 Å². The van der Waals surface area contributed by atoms with Crippen LogP contribution in [0.4, 0.5) is 0 Å². The largest absolute Gasteiger partial charge is 0.494 e. The second-order valence-electron chi connectivity index (χ2n) is 6.96. The molecule has 0 saturated carbocycles. The molecule has 0 aliphatic rings. The van der Waals surface area contributed by atoms with Crippen molar-refractivity contribution >= 4 is 34.0 Å². The Hall–Kier alpha value is -3.45. The Balaban J connectivity index is 1.69. The van der Waals surface area contributed by atoms with E-state index in [1.165, 1.54) is 6.21 Å². The maximum Gasteiger partial charge on any atom is 0.343 e. The number of ether oxygens (including phenoxy) is 2. The third-order valence-corrected chi connectivity index (χ3v) is 4.99. The van der Waals surface area contributed by atoms with Crippen LogP contribution in [0.3, 0.4) is 0 Å². The lowest BCUT2D eigenvalue weighted by atomic mass is 10.1. The number of aryl methyl sites for hydroxylation is 1. The number of rotatable bonds is 8. The molecule has 164 valence electrons. The van der Waals surface area contributed by atoms with Crippen molar-refractivity contribution in [3.8, 4) is 11.5 Å². The average molecular weight is 495 g/mol. The minimum atomic E-state index is -0.463. The van der Waals surface area contributed by atoms with Crippen molar-refractivity contribution < 1.29 is 19.1 Å². The monoisotopic (exact) mass is 494 g/mol. The second-order valence-corrected chi connectivity index (χ2v) is 7.87. The van der Waals surface area contributed by atoms with Gasteiger partial charge in [0.2, 0.25) is 0 Å². The summed E-state index contributed by atoms with van der Waals surface area (Å²) < 4.78 is 11.9. The molecule has 0 fully saturated rings. The number of carbonyl (C=O) groups is 2. The Morgan fingerprint density at radius 3 is 2.53 bits per heavy atom. The molecule has 0 radical (unpaired) electrons. The molecule has 0 atom stereocenters.